The number of hydrogen-bond acceptors (Lipinski definition) is 4. The van der Waals surface area contributed by atoms with E-state index in [1.54, 1.807) is 4.90 Å². The molecular weight excluding hydrogens is 512 g/mol. The number of aryl methyl sites for hydroxylation is 2. The molecule has 0 fully saturated rings. The molecule has 2 heterocycles. The highest BCUT2D eigenvalue weighted by Crippen LogP contribution is 2.37. The average Bonchev–Trinajstić information content (AvgIpc) is 2.91. The van der Waals surface area contributed by atoms with Gasteiger partial charge in [-0.25, -0.2) is 9.78 Å². The Balaban J connectivity index is 1.39. The minimum atomic E-state index is -2.49. The van der Waals surface area contributed by atoms with Crippen LogP contribution in [0.25, 0.3) is 0 Å². The van der Waals surface area contributed by atoms with Crippen molar-refractivity contribution in [2.24, 2.45) is 0 Å². The summed E-state index contributed by atoms with van der Waals surface area (Å²) >= 11 is 0. The molecule has 0 bridgehead atoms. The number of benzene rings is 2. The van der Waals surface area contributed by atoms with Gasteiger partial charge < -0.3 is 9.16 Å². The van der Waals surface area contributed by atoms with Crippen LogP contribution in [0.15, 0.2) is 72.8 Å². The average molecular weight is 559 g/mol. The Morgan fingerprint density at radius 1 is 0.850 bits per heavy atom. The van der Waals surface area contributed by atoms with Gasteiger partial charge in [0.1, 0.15) is 11.4 Å². The summed E-state index contributed by atoms with van der Waals surface area (Å²) in [4.78, 5) is 19.5. The van der Waals surface area contributed by atoms with Crippen molar-refractivity contribution in [1.29, 1.82) is 0 Å². The van der Waals surface area contributed by atoms with Gasteiger partial charge in [-0.3, -0.25) is 4.90 Å². The number of amides is 1. The minimum absolute atomic E-state index is 0.0111. The van der Waals surface area contributed by atoms with E-state index in [9.17, 15) is 4.79 Å². The van der Waals surface area contributed by atoms with Gasteiger partial charge in [-0.1, -0.05) is 93.9 Å². The van der Waals surface area contributed by atoms with E-state index in [4.69, 9.17) is 14.1 Å². The number of pyridine rings is 1. The predicted octanol–water partition coefficient (Wildman–Crippen LogP) is 7.06. The zero-order chi connectivity index (χ0) is 28.8. The molecule has 5 nitrogen and oxygen atoms in total. The Labute approximate surface area is 242 Å². The summed E-state index contributed by atoms with van der Waals surface area (Å²) in [7, 11) is -2.49. The van der Waals surface area contributed by atoms with Crippen LogP contribution in [0.5, 0.6) is 0 Å². The Hall–Kier alpha value is -2.96. The molecule has 0 radical (unpaired) electrons. The van der Waals surface area contributed by atoms with Crippen LogP contribution < -0.4 is 15.3 Å². The number of fused-ring (bicyclic) bond motifs is 1. The van der Waals surface area contributed by atoms with Gasteiger partial charge in [-0.05, 0) is 79.9 Å². The highest BCUT2D eigenvalue weighted by molar-refractivity contribution is 6.99. The van der Waals surface area contributed by atoms with E-state index in [0.29, 0.717) is 6.54 Å². The molecule has 4 rings (SSSR count). The Kier molecular flexibility index (Phi) is 9.52. The van der Waals surface area contributed by atoms with Crippen LogP contribution >= 0.6 is 0 Å². The van der Waals surface area contributed by atoms with E-state index in [0.717, 1.165) is 62.2 Å². The van der Waals surface area contributed by atoms with Gasteiger partial charge in [0.05, 0.1) is 0 Å². The normalized spacial score (nSPS) is 14.1. The third-order valence-electron chi connectivity index (χ3n) is 7.52. The molecule has 2 aromatic carbocycles. The molecule has 1 aliphatic heterocycles. The number of unbranched alkanes of at least 4 members (excludes halogenated alkanes) is 2. The van der Waals surface area contributed by atoms with Crippen molar-refractivity contribution in [2.45, 2.75) is 90.7 Å². The van der Waals surface area contributed by atoms with Crippen molar-refractivity contribution >= 4 is 30.6 Å². The molecule has 0 saturated heterocycles. The molecule has 1 aliphatic rings. The summed E-state index contributed by atoms with van der Waals surface area (Å²) in [5.41, 5.74) is 1.63. The zero-order valence-corrected chi connectivity index (χ0v) is 26.2. The fraction of sp³-hybridized carbons (Fsp3) is 0.471. The number of carbonyl (C=O) groups excluding carboxylic acids is 1. The van der Waals surface area contributed by atoms with Crippen molar-refractivity contribution in [3.05, 3.63) is 84.1 Å². The fourth-order valence-electron chi connectivity index (χ4n) is 5.68. The van der Waals surface area contributed by atoms with Gasteiger partial charge in [0, 0.05) is 18.8 Å². The number of carbonyl (C=O) groups is 1. The number of ether oxygens (including phenoxy) is 1. The second kappa shape index (κ2) is 12.7. The lowest BCUT2D eigenvalue weighted by atomic mass is 10.0. The molecule has 0 spiro atoms. The van der Waals surface area contributed by atoms with Crippen LogP contribution in [0.4, 0.5) is 10.6 Å². The van der Waals surface area contributed by atoms with Crippen LogP contribution in [-0.4, -0.2) is 38.1 Å². The summed E-state index contributed by atoms with van der Waals surface area (Å²) in [6, 6.07) is 25.9. The predicted molar refractivity (Wildman–Crippen MR) is 167 cm³/mol. The molecule has 214 valence electrons. The first kappa shape index (κ1) is 30.0. The van der Waals surface area contributed by atoms with E-state index < -0.39 is 13.9 Å². The highest BCUT2D eigenvalue weighted by atomic mass is 28.4. The molecule has 0 atom stereocenters. The number of hydrogen-bond donors (Lipinski definition) is 0. The van der Waals surface area contributed by atoms with Crippen LogP contribution in [0, 0.1) is 0 Å². The lowest BCUT2D eigenvalue weighted by Gasteiger charge is -2.43. The quantitative estimate of drug-likeness (QED) is 0.208. The topological polar surface area (TPSA) is 51.7 Å². The number of anilines is 1. The lowest BCUT2D eigenvalue weighted by Crippen LogP contribution is -2.66. The molecule has 40 heavy (non-hydrogen) atoms. The van der Waals surface area contributed by atoms with E-state index in [1.165, 1.54) is 10.4 Å². The van der Waals surface area contributed by atoms with Gasteiger partial charge in [0.15, 0.2) is 0 Å². The number of aromatic nitrogens is 1. The molecule has 0 unspecified atom stereocenters. The van der Waals surface area contributed by atoms with Crippen molar-refractivity contribution in [3.63, 3.8) is 0 Å². The maximum absolute atomic E-state index is 12.8. The lowest BCUT2D eigenvalue weighted by molar-refractivity contribution is 0.0576. The largest absolute Gasteiger partial charge is 0.443 e. The van der Waals surface area contributed by atoms with Crippen LogP contribution in [0.3, 0.4) is 0 Å². The smallest absolute Gasteiger partial charge is 0.416 e. The van der Waals surface area contributed by atoms with E-state index in [-0.39, 0.29) is 11.1 Å². The first-order valence-corrected chi connectivity index (χ1v) is 16.7. The standard InChI is InChI=1S/C34H46N2O3Si/c1-33(2,3)39-32(37)36-25-16-17-27-23-24-28(35-31(27)36)18-10-9-15-26-38-40(34(4,5)6,29-19-11-7-12-20-29)30-21-13-8-14-22-30/h7-8,11-14,19-24H,9-10,15-18,25-26H2,1-6H3. The molecule has 1 amide bonds. The summed E-state index contributed by atoms with van der Waals surface area (Å²) in [6.07, 6.45) is 5.54. The first-order valence-electron chi connectivity index (χ1n) is 14.8. The molecule has 0 N–H and O–H groups in total. The Bertz CT molecular complexity index is 1210. The minimum Gasteiger partial charge on any atom is -0.443 e. The van der Waals surface area contributed by atoms with Gasteiger partial charge in [-0.2, -0.15) is 0 Å². The Morgan fingerprint density at radius 3 is 2.05 bits per heavy atom. The van der Waals surface area contributed by atoms with Gasteiger partial charge in [0.2, 0.25) is 0 Å². The molecule has 1 aromatic heterocycles. The summed E-state index contributed by atoms with van der Waals surface area (Å²) in [5.74, 6) is 0.771. The maximum Gasteiger partial charge on any atom is 0.416 e. The molecule has 3 aromatic rings. The Morgan fingerprint density at radius 2 is 1.48 bits per heavy atom. The summed E-state index contributed by atoms with van der Waals surface area (Å²) in [5, 5.41) is 2.63. The second-order valence-electron chi connectivity index (χ2n) is 12.8. The van der Waals surface area contributed by atoms with Gasteiger partial charge >= 0.3 is 6.09 Å². The van der Waals surface area contributed by atoms with Crippen molar-refractivity contribution in [2.75, 3.05) is 18.1 Å². The molecular formula is C34H46N2O3Si. The van der Waals surface area contributed by atoms with E-state index in [2.05, 4.69) is 93.6 Å². The number of rotatable bonds is 9. The van der Waals surface area contributed by atoms with Crippen molar-refractivity contribution in [1.82, 2.24) is 4.98 Å². The maximum atomic E-state index is 12.8. The van der Waals surface area contributed by atoms with Crippen LogP contribution in [-0.2, 0) is 22.0 Å². The third-order valence-corrected chi connectivity index (χ3v) is 12.6. The molecule has 6 heteroatoms. The highest BCUT2D eigenvalue weighted by Gasteiger charge is 2.49. The van der Waals surface area contributed by atoms with Crippen LogP contribution in [0.1, 0.15) is 78.5 Å². The first-order chi connectivity index (χ1) is 19.0. The molecule has 0 saturated carbocycles. The summed E-state index contributed by atoms with van der Waals surface area (Å²) in [6.45, 7) is 14.0. The van der Waals surface area contributed by atoms with E-state index in [1.807, 2.05) is 20.8 Å². The van der Waals surface area contributed by atoms with Gasteiger partial charge in [0.25, 0.3) is 8.32 Å². The third kappa shape index (κ3) is 7.02. The van der Waals surface area contributed by atoms with Gasteiger partial charge in [-0.15, -0.1) is 0 Å². The molecule has 0 aliphatic carbocycles. The number of nitrogens with zero attached hydrogens (tertiary/aromatic N) is 2. The van der Waals surface area contributed by atoms with Crippen molar-refractivity contribution in [3.8, 4) is 0 Å². The monoisotopic (exact) mass is 558 g/mol. The van der Waals surface area contributed by atoms with Crippen LogP contribution in [0.2, 0.25) is 5.04 Å². The SMILES string of the molecule is CC(C)(C)OC(=O)N1CCCc2ccc(CCCCCO[Si](c3ccccc3)(c3ccccc3)C(C)(C)C)nc21. The summed E-state index contributed by atoms with van der Waals surface area (Å²) < 4.78 is 12.7. The van der Waals surface area contributed by atoms with E-state index >= 15 is 0 Å². The fourth-order valence-corrected chi connectivity index (χ4v) is 10.3. The zero-order valence-electron chi connectivity index (χ0n) is 25.2. The van der Waals surface area contributed by atoms with Crippen molar-refractivity contribution < 1.29 is 14.0 Å². The second-order valence-corrected chi connectivity index (χ2v) is 17.1.